The van der Waals surface area contributed by atoms with Gasteiger partial charge in [0.2, 0.25) is 0 Å². The first-order valence-electron chi connectivity index (χ1n) is 5.95. The number of carbonyl (C=O) groups is 1. The standard InChI is InChI=1S/C12H21N3O3/c1-5-18-12(16)10-8-13-15(3)11(10)9-14(2)6-7-17-4/h8H,5-7,9H2,1-4H3. The van der Waals surface area contributed by atoms with E-state index in [-0.39, 0.29) is 5.97 Å². The molecule has 6 heteroatoms. The van der Waals surface area contributed by atoms with Crippen molar-refractivity contribution in [1.29, 1.82) is 0 Å². The first-order valence-corrected chi connectivity index (χ1v) is 5.95. The summed E-state index contributed by atoms with van der Waals surface area (Å²) in [6.45, 7) is 4.24. The Morgan fingerprint density at radius 3 is 2.89 bits per heavy atom. The summed E-state index contributed by atoms with van der Waals surface area (Å²) in [6.07, 6.45) is 1.55. The van der Waals surface area contributed by atoms with Crippen LogP contribution in [0.2, 0.25) is 0 Å². The average molecular weight is 255 g/mol. The zero-order valence-electron chi connectivity index (χ0n) is 11.5. The van der Waals surface area contributed by atoms with Crippen LogP contribution in [0.1, 0.15) is 23.0 Å². The van der Waals surface area contributed by atoms with Crippen molar-refractivity contribution in [2.75, 3.05) is 33.9 Å². The maximum Gasteiger partial charge on any atom is 0.341 e. The largest absolute Gasteiger partial charge is 0.462 e. The van der Waals surface area contributed by atoms with E-state index in [9.17, 15) is 4.79 Å². The molecule has 1 aromatic heterocycles. The van der Waals surface area contributed by atoms with E-state index in [1.165, 1.54) is 0 Å². The highest BCUT2D eigenvalue weighted by Gasteiger charge is 2.18. The highest BCUT2D eigenvalue weighted by Crippen LogP contribution is 2.11. The molecule has 0 amide bonds. The molecule has 0 aromatic carbocycles. The Hall–Kier alpha value is -1.40. The lowest BCUT2D eigenvalue weighted by atomic mass is 10.2. The topological polar surface area (TPSA) is 56.6 Å². The van der Waals surface area contributed by atoms with Crippen LogP contribution < -0.4 is 0 Å². The van der Waals surface area contributed by atoms with Gasteiger partial charge in [-0.25, -0.2) is 4.79 Å². The molecule has 0 N–H and O–H groups in total. The van der Waals surface area contributed by atoms with Gasteiger partial charge in [0.25, 0.3) is 0 Å². The number of esters is 1. The zero-order valence-corrected chi connectivity index (χ0v) is 11.5. The van der Waals surface area contributed by atoms with E-state index in [1.807, 2.05) is 14.1 Å². The third-order valence-corrected chi connectivity index (χ3v) is 2.65. The van der Waals surface area contributed by atoms with Crippen LogP contribution in [0.3, 0.4) is 0 Å². The maximum absolute atomic E-state index is 11.8. The monoisotopic (exact) mass is 255 g/mol. The van der Waals surface area contributed by atoms with Crippen molar-refractivity contribution in [3.8, 4) is 0 Å². The van der Waals surface area contributed by atoms with Gasteiger partial charge in [-0.05, 0) is 14.0 Å². The van der Waals surface area contributed by atoms with Gasteiger partial charge in [0.15, 0.2) is 0 Å². The Kier molecular flexibility index (Phi) is 5.80. The fourth-order valence-corrected chi connectivity index (χ4v) is 1.61. The molecule has 1 heterocycles. The molecular weight excluding hydrogens is 234 g/mol. The van der Waals surface area contributed by atoms with Gasteiger partial charge in [-0.1, -0.05) is 0 Å². The molecule has 0 bridgehead atoms. The molecule has 0 spiro atoms. The SMILES string of the molecule is CCOC(=O)c1cnn(C)c1CN(C)CCOC. The number of hydrogen-bond acceptors (Lipinski definition) is 5. The molecule has 0 saturated heterocycles. The number of methoxy groups -OCH3 is 1. The van der Waals surface area contributed by atoms with Crippen molar-refractivity contribution in [2.45, 2.75) is 13.5 Å². The minimum atomic E-state index is -0.319. The minimum absolute atomic E-state index is 0.319. The smallest absolute Gasteiger partial charge is 0.341 e. The molecule has 0 atom stereocenters. The third-order valence-electron chi connectivity index (χ3n) is 2.65. The van der Waals surface area contributed by atoms with Crippen molar-refractivity contribution < 1.29 is 14.3 Å². The van der Waals surface area contributed by atoms with Crippen molar-refractivity contribution >= 4 is 5.97 Å². The van der Waals surface area contributed by atoms with Crippen LogP contribution in [0.15, 0.2) is 6.20 Å². The molecule has 0 aliphatic rings. The highest BCUT2D eigenvalue weighted by molar-refractivity contribution is 5.90. The van der Waals surface area contributed by atoms with Crippen LogP contribution in [-0.2, 0) is 23.1 Å². The molecule has 0 saturated carbocycles. The Bertz CT molecular complexity index is 390. The third kappa shape index (κ3) is 3.82. The summed E-state index contributed by atoms with van der Waals surface area (Å²) < 4.78 is 11.7. The van der Waals surface area contributed by atoms with Gasteiger partial charge >= 0.3 is 5.97 Å². The van der Waals surface area contributed by atoms with E-state index in [0.29, 0.717) is 25.3 Å². The Balaban J connectivity index is 2.74. The molecule has 18 heavy (non-hydrogen) atoms. The van der Waals surface area contributed by atoms with Gasteiger partial charge in [0.1, 0.15) is 5.56 Å². The molecule has 0 fully saturated rings. The van der Waals surface area contributed by atoms with Gasteiger partial charge in [-0.3, -0.25) is 9.58 Å². The van der Waals surface area contributed by atoms with Gasteiger partial charge in [-0.2, -0.15) is 5.10 Å². The van der Waals surface area contributed by atoms with Crippen LogP contribution in [0.5, 0.6) is 0 Å². The second-order valence-electron chi connectivity index (χ2n) is 4.08. The fourth-order valence-electron chi connectivity index (χ4n) is 1.61. The van der Waals surface area contributed by atoms with Crippen LogP contribution in [-0.4, -0.2) is 54.6 Å². The van der Waals surface area contributed by atoms with Gasteiger partial charge < -0.3 is 9.47 Å². The Morgan fingerprint density at radius 2 is 2.28 bits per heavy atom. The van der Waals surface area contributed by atoms with Crippen LogP contribution in [0.25, 0.3) is 0 Å². The number of nitrogens with zero attached hydrogens (tertiary/aromatic N) is 3. The maximum atomic E-state index is 11.8. The molecule has 1 rings (SSSR count). The summed E-state index contributed by atoms with van der Waals surface area (Å²) >= 11 is 0. The lowest BCUT2D eigenvalue weighted by molar-refractivity contribution is 0.0523. The number of carbonyl (C=O) groups excluding carboxylic acids is 1. The van der Waals surface area contributed by atoms with Crippen molar-refractivity contribution in [2.24, 2.45) is 7.05 Å². The van der Waals surface area contributed by atoms with E-state index in [4.69, 9.17) is 9.47 Å². The number of hydrogen-bond donors (Lipinski definition) is 0. The molecule has 1 aromatic rings. The fraction of sp³-hybridized carbons (Fsp3) is 0.667. The summed E-state index contributed by atoms with van der Waals surface area (Å²) in [7, 11) is 5.46. The summed E-state index contributed by atoms with van der Waals surface area (Å²) in [5.41, 5.74) is 1.38. The lowest BCUT2D eigenvalue weighted by Crippen LogP contribution is -2.25. The first-order chi connectivity index (χ1) is 8.60. The number of likely N-dealkylation sites (N-methyl/N-ethyl adjacent to an activating group) is 1. The molecule has 0 unspecified atom stereocenters. The Morgan fingerprint density at radius 1 is 1.56 bits per heavy atom. The summed E-state index contributed by atoms with van der Waals surface area (Å²) in [4.78, 5) is 13.8. The first kappa shape index (κ1) is 14.7. The van der Waals surface area contributed by atoms with E-state index in [0.717, 1.165) is 12.2 Å². The van der Waals surface area contributed by atoms with Gasteiger partial charge in [0.05, 0.1) is 25.1 Å². The van der Waals surface area contributed by atoms with E-state index < -0.39 is 0 Å². The Labute approximate surface area is 107 Å². The number of rotatable bonds is 7. The molecule has 0 aliphatic carbocycles. The second kappa shape index (κ2) is 7.13. The van der Waals surface area contributed by atoms with Crippen LogP contribution in [0.4, 0.5) is 0 Å². The molecule has 0 aliphatic heterocycles. The molecule has 0 radical (unpaired) electrons. The van der Waals surface area contributed by atoms with Crippen LogP contribution >= 0.6 is 0 Å². The molecular formula is C12H21N3O3. The second-order valence-corrected chi connectivity index (χ2v) is 4.08. The highest BCUT2D eigenvalue weighted by atomic mass is 16.5. The summed E-state index contributed by atoms with van der Waals surface area (Å²) in [6, 6.07) is 0. The van der Waals surface area contributed by atoms with Crippen LogP contribution in [0, 0.1) is 0 Å². The van der Waals surface area contributed by atoms with E-state index in [2.05, 4.69) is 10.00 Å². The normalized spacial score (nSPS) is 10.9. The summed E-state index contributed by atoms with van der Waals surface area (Å²) in [5.74, 6) is -0.319. The average Bonchev–Trinajstić information content (AvgIpc) is 2.69. The lowest BCUT2D eigenvalue weighted by Gasteiger charge is -2.16. The minimum Gasteiger partial charge on any atom is -0.462 e. The predicted molar refractivity (Wildman–Crippen MR) is 67.4 cm³/mol. The molecule has 6 nitrogen and oxygen atoms in total. The summed E-state index contributed by atoms with van der Waals surface area (Å²) in [5, 5.41) is 4.11. The number of aryl methyl sites for hydroxylation is 1. The zero-order chi connectivity index (χ0) is 13.5. The van der Waals surface area contributed by atoms with E-state index in [1.54, 1.807) is 24.9 Å². The van der Waals surface area contributed by atoms with Crippen molar-refractivity contribution in [3.63, 3.8) is 0 Å². The van der Waals surface area contributed by atoms with E-state index >= 15 is 0 Å². The van der Waals surface area contributed by atoms with Gasteiger partial charge in [-0.15, -0.1) is 0 Å². The number of aromatic nitrogens is 2. The van der Waals surface area contributed by atoms with Crippen molar-refractivity contribution in [1.82, 2.24) is 14.7 Å². The number of ether oxygens (including phenoxy) is 2. The van der Waals surface area contributed by atoms with Gasteiger partial charge in [0, 0.05) is 27.2 Å². The molecule has 102 valence electrons. The quantitative estimate of drug-likeness (QED) is 0.670. The predicted octanol–water partition coefficient (Wildman–Crippen LogP) is 0.675. The van der Waals surface area contributed by atoms with Crippen molar-refractivity contribution in [3.05, 3.63) is 17.5 Å².